The van der Waals surface area contributed by atoms with E-state index < -0.39 is 10.0 Å². The molecule has 1 amide bonds. The summed E-state index contributed by atoms with van der Waals surface area (Å²) in [6, 6.07) is 13.8. The molecule has 0 atom stereocenters. The summed E-state index contributed by atoms with van der Waals surface area (Å²) in [6.45, 7) is 7.73. The molecule has 7 nitrogen and oxygen atoms in total. The first-order valence-electron chi connectivity index (χ1n) is 10.1. The van der Waals surface area contributed by atoms with Gasteiger partial charge in [0.15, 0.2) is 0 Å². The number of carbonyl (C=O) groups excluding carboxylic acids is 1. The molecule has 1 saturated heterocycles. The number of hydrogen-bond donors (Lipinski definition) is 1. The van der Waals surface area contributed by atoms with Crippen LogP contribution in [0.3, 0.4) is 0 Å². The van der Waals surface area contributed by atoms with Crippen molar-refractivity contribution < 1.29 is 17.9 Å². The van der Waals surface area contributed by atoms with Crippen LogP contribution in [-0.2, 0) is 19.6 Å². The van der Waals surface area contributed by atoms with Gasteiger partial charge in [0, 0.05) is 26.2 Å². The fourth-order valence-corrected chi connectivity index (χ4v) is 4.87. The molecule has 8 heteroatoms. The zero-order chi connectivity index (χ0) is 21.6. The molecule has 0 bridgehead atoms. The molecular weight excluding hydrogens is 402 g/mol. The van der Waals surface area contributed by atoms with E-state index in [1.165, 1.54) is 4.31 Å². The van der Waals surface area contributed by atoms with Crippen molar-refractivity contribution in [1.29, 1.82) is 0 Å². The summed E-state index contributed by atoms with van der Waals surface area (Å²) in [7, 11) is -3.89. The molecule has 1 heterocycles. The summed E-state index contributed by atoms with van der Waals surface area (Å²) in [4.78, 5) is 15.1. The average molecular weight is 432 g/mol. The monoisotopic (exact) mass is 431 g/mol. The topological polar surface area (TPSA) is 79.0 Å². The molecule has 1 aliphatic rings. The van der Waals surface area contributed by atoms with Crippen LogP contribution in [-0.4, -0.2) is 65.2 Å². The minimum atomic E-state index is -3.89. The number of aryl methyl sites for hydroxylation is 2. The number of morpholine rings is 1. The number of carbonyl (C=O) groups is 1. The van der Waals surface area contributed by atoms with Gasteiger partial charge in [-0.3, -0.25) is 14.0 Å². The van der Waals surface area contributed by atoms with Crippen molar-refractivity contribution in [3.63, 3.8) is 0 Å². The predicted octanol–water partition coefficient (Wildman–Crippen LogP) is 1.95. The third kappa shape index (κ3) is 5.59. The molecule has 0 aliphatic carbocycles. The molecule has 0 spiro atoms. The Kier molecular flexibility index (Phi) is 7.47. The van der Waals surface area contributed by atoms with Gasteiger partial charge in [-0.1, -0.05) is 30.3 Å². The van der Waals surface area contributed by atoms with Gasteiger partial charge >= 0.3 is 0 Å². The highest BCUT2D eigenvalue weighted by molar-refractivity contribution is 7.92. The van der Waals surface area contributed by atoms with Crippen molar-refractivity contribution in [2.45, 2.75) is 18.7 Å². The Morgan fingerprint density at radius 3 is 2.50 bits per heavy atom. The Morgan fingerprint density at radius 2 is 1.80 bits per heavy atom. The molecule has 1 aliphatic heterocycles. The zero-order valence-corrected chi connectivity index (χ0v) is 18.3. The molecule has 3 rings (SSSR count). The number of nitrogens with zero attached hydrogens (tertiary/aromatic N) is 2. The maximum Gasteiger partial charge on any atom is 0.264 e. The van der Waals surface area contributed by atoms with Crippen LogP contribution in [0.4, 0.5) is 5.69 Å². The van der Waals surface area contributed by atoms with E-state index in [1.54, 1.807) is 36.4 Å². The highest BCUT2D eigenvalue weighted by Crippen LogP contribution is 2.27. The number of amides is 1. The van der Waals surface area contributed by atoms with Gasteiger partial charge in [-0.2, -0.15) is 0 Å². The van der Waals surface area contributed by atoms with Gasteiger partial charge in [-0.05, 0) is 43.2 Å². The lowest BCUT2D eigenvalue weighted by atomic mass is 10.1. The van der Waals surface area contributed by atoms with Crippen LogP contribution < -0.4 is 9.62 Å². The van der Waals surface area contributed by atoms with Crippen molar-refractivity contribution >= 4 is 21.6 Å². The van der Waals surface area contributed by atoms with E-state index in [-0.39, 0.29) is 17.3 Å². The number of ether oxygens (including phenoxy) is 1. The smallest absolute Gasteiger partial charge is 0.264 e. The Balaban J connectivity index is 1.77. The molecule has 2 aromatic carbocycles. The minimum absolute atomic E-state index is 0.159. The van der Waals surface area contributed by atoms with Crippen molar-refractivity contribution in [3.8, 4) is 0 Å². The van der Waals surface area contributed by atoms with Crippen molar-refractivity contribution in [1.82, 2.24) is 10.2 Å². The largest absolute Gasteiger partial charge is 0.379 e. The number of hydrogen-bond acceptors (Lipinski definition) is 5. The Bertz CT molecular complexity index is 958. The van der Waals surface area contributed by atoms with Crippen LogP contribution in [0.5, 0.6) is 0 Å². The lowest BCUT2D eigenvalue weighted by molar-refractivity contribution is -0.119. The molecule has 0 saturated carbocycles. The highest BCUT2D eigenvalue weighted by atomic mass is 32.2. The Labute approximate surface area is 178 Å². The number of nitrogens with one attached hydrogen (secondary N) is 1. The van der Waals surface area contributed by atoms with Gasteiger partial charge in [0.05, 0.1) is 23.8 Å². The van der Waals surface area contributed by atoms with E-state index in [1.807, 2.05) is 26.0 Å². The van der Waals surface area contributed by atoms with E-state index >= 15 is 0 Å². The van der Waals surface area contributed by atoms with E-state index in [4.69, 9.17) is 4.74 Å². The first-order chi connectivity index (χ1) is 14.4. The van der Waals surface area contributed by atoms with Crippen LogP contribution in [0.25, 0.3) is 0 Å². The first kappa shape index (κ1) is 22.3. The Hall–Kier alpha value is -2.42. The third-order valence-electron chi connectivity index (χ3n) is 5.11. The summed E-state index contributed by atoms with van der Waals surface area (Å²) in [6.07, 6.45) is 0. The highest BCUT2D eigenvalue weighted by Gasteiger charge is 2.28. The van der Waals surface area contributed by atoms with Gasteiger partial charge in [0.2, 0.25) is 5.91 Å². The number of benzene rings is 2. The van der Waals surface area contributed by atoms with Crippen LogP contribution in [0.1, 0.15) is 11.1 Å². The molecule has 1 N–H and O–H groups in total. The fourth-order valence-electron chi connectivity index (χ4n) is 3.37. The fraction of sp³-hybridized carbons (Fsp3) is 0.409. The molecule has 0 radical (unpaired) electrons. The molecule has 30 heavy (non-hydrogen) atoms. The standard InChI is InChI=1S/C22H29N3O4S/c1-18-8-9-19(2)21(16-18)25(30(27,28)20-6-4-3-5-7-20)17-22(26)23-10-11-24-12-14-29-15-13-24/h3-9,16H,10-15,17H2,1-2H3,(H,23,26). The van der Waals surface area contributed by atoms with Gasteiger partial charge in [0.25, 0.3) is 10.0 Å². The van der Waals surface area contributed by atoms with E-state index in [2.05, 4.69) is 10.2 Å². The second-order valence-corrected chi connectivity index (χ2v) is 9.28. The molecule has 1 fully saturated rings. The Morgan fingerprint density at radius 1 is 1.10 bits per heavy atom. The van der Waals surface area contributed by atoms with Crippen LogP contribution in [0, 0.1) is 13.8 Å². The third-order valence-corrected chi connectivity index (χ3v) is 6.88. The molecule has 0 aromatic heterocycles. The number of anilines is 1. The van der Waals surface area contributed by atoms with E-state index in [0.717, 1.165) is 24.2 Å². The normalized spacial score (nSPS) is 15.0. The second-order valence-electron chi connectivity index (χ2n) is 7.42. The van der Waals surface area contributed by atoms with Crippen molar-refractivity contribution in [3.05, 3.63) is 59.7 Å². The van der Waals surface area contributed by atoms with Gasteiger partial charge < -0.3 is 10.1 Å². The maximum atomic E-state index is 13.4. The number of sulfonamides is 1. The number of rotatable bonds is 8. The second kappa shape index (κ2) is 10.1. The summed E-state index contributed by atoms with van der Waals surface area (Å²) < 4.78 is 33.3. The lowest BCUT2D eigenvalue weighted by Gasteiger charge is -2.27. The summed E-state index contributed by atoms with van der Waals surface area (Å²) >= 11 is 0. The molecule has 162 valence electrons. The average Bonchev–Trinajstić information content (AvgIpc) is 2.75. The predicted molar refractivity (Wildman–Crippen MR) is 117 cm³/mol. The van der Waals surface area contributed by atoms with Gasteiger partial charge in [-0.15, -0.1) is 0 Å². The maximum absolute atomic E-state index is 13.4. The molecule has 2 aromatic rings. The zero-order valence-electron chi connectivity index (χ0n) is 17.5. The van der Waals surface area contributed by atoms with Crippen LogP contribution >= 0.6 is 0 Å². The quantitative estimate of drug-likeness (QED) is 0.691. The molecule has 0 unspecified atom stereocenters. The van der Waals surface area contributed by atoms with E-state index in [0.29, 0.717) is 32.0 Å². The first-order valence-corrected chi connectivity index (χ1v) is 11.5. The summed E-state index contributed by atoms with van der Waals surface area (Å²) in [5, 5.41) is 2.86. The molecular formula is C22H29N3O4S. The van der Waals surface area contributed by atoms with Gasteiger partial charge in [-0.25, -0.2) is 8.42 Å². The lowest BCUT2D eigenvalue weighted by Crippen LogP contribution is -2.45. The van der Waals surface area contributed by atoms with Crippen LogP contribution in [0.15, 0.2) is 53.4 Å². The van der Waals surface area contributed by atoms with Crippen molar-refractivity contribution in [2.24, 2.45) is 0 Å². The van der Waals surface area contributed by atoms with Gasteiger partial charge in [0.1, 0.15) is 6.54 Å². The summed E-state index contributed by atoms with van der Waals surface area (Å²) in [5.41, 5.74) is 2.24. The van der Waals surface area contributed by atoms with Crippen molar-refractivity contribution in [2.75, 3.05) is 50.2 Å². The van der Waals surface area contributed by atoms with E-state index in [9.17, 15) is 13.2 Å². The van der Waals surface area contributed by atoms with Crippen LogP contribution in [0.2, 0.25) is 0 Å². The SMILES string of the molecule is Cc1ccc(C)c(N(CC(=O)NCCN2CCOCC2)S(=O)(=O)c2ccccc2)c1. The minimum Gasteiger partial charge on any atom is -0.379 e. The summed E-state index contributed by atoms with van der Waals surface area (Å²) in [5.74, 6) is -0.330.